The first-order chi connectivity index (χ1) is 16.3. The lowest BCUT2D eigenvalue weighted by Crippen LogP contribution is -2.59. The summed E-state index contributed by atoms with van der Waals surface area (Å²) in [5.41, 5.74) is 11.6. The molecule has 13 nitrogen and oxygen atoms in total. The predicted octanol–water partition coefficient (Wildman–Crippen LogP) is -2.29. The van der Waals surface area contributed by atoms with Crippen LogP contribution < -0.4 is 27.4 Å². The van der Waals surface area contributed by atoms with Crippen molar-refractivity contribution in [3.05, 3.63) is 29.8 Å². The van der Waals surface area contributed by atoms with E-state index in [0.29, 0.717) is 5.56 Å². The second kappa shape index (κ2) is 13.9. The number of hydrogen-bond acceptors (Lipinski definition) is 8. The molecule has 1 rings (SSSR count). The van der Waals surface area contributed by atoms with Crippen molar-refractivity contribution in [2.45, 2.75) is 57.3 Å². The highest BCUT2D eigenvalue weighted by Gasteiger charge is 2.31. The van der Waals surface area contributed by atoms with Gasteiger partial charge < -0.3 is 42.7 Å². The minimum absolute atomic E-state index is 0.0633. The van der Waals surface area contributed by atoms with Crippen LogP contribution in [0, 0.1) is 5.92 Å². The van der Waals surface area contributed by atoms with Gasteiger partial charge >= 0.3 is 5.97 Å². The number of primary amides is 1. The van der Waals surface area contributed by atoms with Gasteiger partial charge in [0.1, 0.15) is 23.9 Å². The molecule has 0 saturated heterocycles. The smallest absolute Gasteiger partial charge is 0.326 e. The molecule has 0 spiro atoms. The maximum Gasteiger partial charge on any atom is 0.326 e. The maximum absolute atomic E-state index is 12.8. The van der Waals surface area contributed by atoms with E-state index in [1.54, 1.807) is 26.0 Å². The van der Waals surface area contributed by atoms with Gasteiger partial charge in [-0.05, 0) is 36.5 Å². The Bertz CT molecular complexity index is 906. The van der Waals surface area contributed by atoms with Crippen molar-refractivity contribution < 1.29 is 39.3 Å². The van der Waals surface area contributed by atoms with Gasteiger partial charge in [0.15, 0.2) is 0 Å². The van der Waals surface area contributed by atoms with Gasteiger partial charge in [-0.2, -0.15) is 0 Å². The van der Waals surface area contributed by atoms with E-state index in [4.69, 9.17) is 11.5 Å². The lowest BCUT2D eigenvalue weighted by atomic mass is 10.0. The number of phenols is 1. The number of aliphatic hydroxyl groups excluding tert-OH is 1. The Morgan fingerprint density at radius 1 is 0.914 bits per heavy atom. The third kappa shape index (κ3) is 9.98. The fourth-order valence-electron chi connectivity index (χ4n) is 3.05. The van der Waals surface area contributed by atoms with Gasteiger partial charge in [-0.1, -0.05) is 26.0 Å². The van der Waals surface area contributed by atoms with Crippen molar-refractivity contribution >= 4 is 29.6 Å². The van der Waals surface area contributed by atoms with Gasteiger partial charge in [0, 0.05) is 6.42 Å². The molecule has 0 aromatic heterocycles. The standard InChI is InChI=1S/C22H33N5O8/c1-11(2)18(27-19(31)14(23)9-12-3-5-13(29)6-4-12)21(33)26-16(10-28)20(32)25-15(22(34)35)7-8-17(24)30/h3-6,11,14-16,18,28-29H,7-10,23H2,1-2H3,(H2,24,30)(H,25,32)(H,26,33)(H,27,31)(H,34,35). The molecule has 0 aliphatic rings. The lowest BCUT2D eigenvalue weighted by Gasteiger charge is -2.26. The summed E-state index contributed by atoms with van der Waals surface area (Å²) in [7, 11) is 0. The normalized spacial score (nSPS) is 14.3. The van der Waals surface area contributed by atoms with Crippen molar-refractivity contribution in [2.75, 3.05) is 6.61 Å². The van der Waals surface area contributed by atoms with Gasteiger partial charge in [0.05, 0.1) is 12.6 Å². The van der Waals surface area contributed by atoms with Gasteiger partial charge in [-0.15, -0.1) is 0 Å². The van der Waals surface area contributed by atoms with Crippen LogP contribution >= 0.6 is 0 Å². The summed E-state index contributed by atoms with van der Waals surface area (Å²) in [5, 5.41) is 35.1. The number of rotatable bonds is 14. The second-order valence-corrected chi connectivity index (χ2v) is 8.36. The van der Waals surface area contributed by atoms with E-state index in [1.807, 2.05) is 0 Å². The molecular weight excluding hydrogens is 462 g/mol. The van der Waals surface area contributed by atoms with Crippen LogP contribution in [0.25, 0.3) is 0 Å². The van der Waals surface area contributed by atoms with E-state index >= 15 is 0 Å². The molecule has 4 atom stereocenters. The maximum atomic E-state index is 12.8. The summed E-state index contributed by atoms with van der Waals surface area (Å²) in [6, 6.07) is 1.02. The van der Waals surface area contributed by atoms with Gasteiger partial charge in [0.25, 0.3) is 0 Å². The molecule has 194 valence electrons. The molecule has 0 aliphatic heterocycles. The number of carbonyl (C=O) groups excluding carboxylic acids is 4. The van der Waals surface area contributed by atoms with E-state index < -0.39 is 66.3 Å². The van der Waals surface area contributed by atoms with Crippen molar-refractivity contribution in [3.8, 4) is 5.75 Å². The molecule has 13 heteroatoms. The molecule has 0 fully saturated rings. The van der Waals surface area contributed by atoms with Crippen molar-refractivity contribution in [1.29, 1.82) is 0 Å². The van der Waals surface area contributed by atoms with Gasteiger partial charge in [0.2, 0.25) is 23.6 Å². The highest BCUT2D eigenvalue weighted by atomic mass is 16.4. The predicted molar refractivity (Wildman–Crippen MR) is 124 cm³/mol. The number of amides is 4. The number of aliphatic hydroxyl groups is 1. The number of carboxylic acid groups (broad SMARTS) is 1. The topological polar surface area (TPSA) is 234 Å². The highest BCUT2D eigenvalue weighted by molar-refractivity contribution is 5.94. The minimum atomic E-state index is -1.51. The zero-order valence-electron chi connectivity index (χ0n) is 19.6. The molecule has 0 saturated carbocycles. The SMILES string of the molecule is CC(C)C(NC(=O)C(N)Cc1ccc(O)cc1)C(=O)NC(CO)C(=O)NC(CCC(N)=O)C(=O)O. The Kier molecular flexibility index (Phi) is 11.6. The first-order valence-corrected chi connectivity index (χ1v) is 10.9. The molecule has 1 aromatic carbocycles. The van der Waals surface area contributed by atoms with Crippen LogP contribution in [0.3, 0.4) is 0 Å². The number of phenolic OH excluding ortho intramolecular Hbond substituents is 1. The third-order valence-electron chi connectivity index (χ3n) is 5.09. The van der Waals surface area contributed by atoms with Crippen LogP contribution in [0.4, 0.5) is 0 Å². The Balaban J connectivity index is 2.80. The Morgan fingerprint density at radius 2 is 1.49 bits per heavy atom. The summed E-state index contributed by atoms with van der Waals surface area (Å²) in [6.07, 6.45) is -0.423. The summed E-state index contributed by atoms with van der Waals surface area (Å²) in [6.45, 7) is 2.45. The molecule has 0 radical (unpaired) electrons. The zero-order valence-corrected chi connectivity index (χ0v) is 19.6. The van der Waals surface area contributed by atoms with Crippen LogP contribution in [-0.4, -0.2) is 75.7 Å². The monoisotopic (exact) mass is 495 g/mol. The summed E-state index contributed by atoms with van der Waals surface area (Å²) >= 11 is 0. The molecule has 1 aromatic rings. The average Bonchev–Trinajstić information content (AvgIpc) is 2.78. The minimum Gasteiger partial charge on any atom is -0.508 e. The van der Waals surface area contributed by atoms with Crippen molar-refractivity contribution in [3.63, 3.8) is 0 Å². The summed E-state index contributed by atoms with van der Waals surface area (Å²) in [4.78, 5) is 60.0. The molecular formula is C22H33N5O8. The molecule has 4 amide bonds. The summed E-state index contributed by atoms with van der Waals surface area (Å²) in [5.74, 6) is -4.94. The molecule has 4 unspecified atom stereocenters. The van der Waals surface area contributed by atoms with E-state index in [9.17, 15) is 39.3 Å². The fourth-order valence-corrected chi connectivity index (χ4v) is 3.05. The Hall–Kier alpha value is -3.71. The summed E-state index contributed by atoms with van der Waals surface area (Å²) < 4.78 is 0. The number of carbonyl (C=O) groups is 5. The van der Waals surface area contributed by atoms with Crippen LogP contribution in [-0.2, 0) is 30.4 Å². The van der Waals surface area contributed by atoms with Crippen LogP contribution in [0.15, 0.2) is 24.3 Å². The third-order valence-corrected chi connectivity index (χ3v) is 5.09. The number of benzene rings is 1. The van der Waals surface area contributed by atoms with Gasteiger partial charge in [-0.25, -0.2) is 4.79 Å². The first kappa shape index (κ1) is 29.3. The van der Waals surface area contributed by atoms with Crippen molar-refractivity contribution in [2.24, 2.45) is 17.4 Å². The number of nitrogens with one attached hydrogen (secondary N) is 3. The number of carboxylic acids is 1. The van der Waals surface area contributed by atoms with Crippen LogP contribution in [0.2, 0.25) is 0 Å². The Morgan fingerprint density at radius 3 is 1.97 bits per heavy atom. The van der Waals surface area contributed by atoms with E-state index in [2.05, 4.69) is 16.0 Å². The molecule has 35 heavy (non-hydrogen) atoms. The first-order valence-electron chi connectivity index (χ1n) is 10.9. The van der Waals surface area contributed by atoms with Gasteiger partial charge in [-0.3, -0.25) is 19.2 Å². The molecule has 0 aliphatic carbocycles. The lowest BCUT2D eigenvalue weighted by molar-refractivity contribution is -0.143. The average molecular weight is 496 g/mol. The number of aromatic hydroxyl groups is 1. The van der Waals surface area contributed by atoms with Crippen LogP contribution in [0.1, 0.15) is 32.3 Å². The number of nitrogens with two attached hydrogens (primary N) is 2. The van der Waals surface area contributed by atoms with Crippen LogP contribution in [0.5, 0.6) is 5.75 Å². The fraction of sp³-hybridized carbons (Fsp3) is 0.500. The zero-order chi connectivity index (χ0) is 26.7. The van der Waals surface area contributed by atoms with Crippen molar-refractivity contribution in [1.82, 2.24) is 16.0 Å². The molecule has 10 N–H and O–H groups in total. The van der Waals surface area contributed by atoms with E-state index in [0.717, 1.165) is 0 Å². The molecule has 0 bridgehead atoms. The second-order valence-electron chi connectivity index (χ2n) is 8.36. The Labute approximate surface area is 202 Å². The largest absolute Gasteiger partial charge is 0.508 e. The number of aliphatic carboxylic acids is 1. The quantitative estimate of drug-likeness (QED) is 0.138. The molecule has 0 heterocycles. The highest BCUT2D eigenvalue weighted by Crippen LogP contribution is 2.11. The number of hydrogen-bond donors (Lipinski definition) is 8. The van der Waals surface area contributed by atoms with E-state index in [-0.39, 0.29) is 25.0 Å². The van der Waals surface area contributed by atoms with E-state index in [1.165, 1.54) is 12.1 Å².